The zero-order valence-electron chi connectivity index (χ0n) is 14.2. The number of amides is 2. The van der Waals surface area contributed by atoms with Crippen LogP contribution in [0.25, 0.3) is 0 Å². The highest BCUT2D eigenvalue weighted by atomic mass is 16.2. The maximum Gasteiger partial charge on any atom is 0.320 e. The number of carbonyl (C=O) groups is 1. The molecule has 1 saturated heterocycles. The normalized spacial score (nSPS) is 17.0. The highest BCUT2D eigenvalue weighted by molar-refractivity contribution is 5.88. The molecule has 6 nitrogen and oxygen atoms in total. The number of likely N-dealkylation sites (tertiary alicyclic amines) is 1. The van der Waals surface area contributed by atoms with Gasteiger partial charge in [0.2, 0.25) is 0 Å². The number of aryl methyl sites for hydroxylation is 2. The Labute approximate surface area is 133 Å². The molecule has 0 aliphatic carbocycles. The number of hydrogen-bond donors (Lipinski definition) is 2. The summed E-state index contributed by atoms with van der Waals surface area (Å²) in [7, 11) is 1.83. The molecule has 0 saturated carbocycles. The standard InChI is InChI=1S/C16H29N5O/c1-12(2)9-14(21-7-5-6-8-21)11-17-16(22)18-15-10-13(3)19-20(15)4/h10,12,14H,5-9,11H2,1-4H3,(H2,17,18,22). The quantitative estimate of drug-likeness (QED) is 0.848. The van der Waals surface area contributed by atoms with Crippen LogP contribution in [0.15, 0.2) is 6.07 Å². The Hall–Kier alpha value is -1.56. The predicted octanol–water partition coefficient (Wildman–Crippen LogP) is 2.36. The fourth-order valence-corrected chi connectivity index (χ4v) is 3.11. The Morgan fingerprint density at radius 3 is 2.59 bits per heavy atom. The van der Waals surface area contributed by atoms with E-state index < -0.39 is 0 Å². The van der Waals surface area contributed by atoms with Gasteiger partial charge in [-0.1, -0.05) is 13.8 Å². The van der Waals surface area contributed by atoms with Gasteiger partial charge in [0.05, 0.1) is 5.69 Å². The van der Waals surface area contributed by atoms with Crippen molar-refractivity contribution in [3.05, 3.63) is 11.8 Å². The van der Waals surface area contributed by atoms with Crippen molar-refractivity contribution in [3.8, 4) is 0 Å². The number of hydrogen-bond acceptors (Lipinski definition) is 3. The summed E-state index contributed by atoms with van der Waals surface area (Å²) in [6.07, 6.45) is 3.66. The highest BCUT2D eigenvalue weighted by Crippen LogP contribution is 2.17. The first-order valence-corrected chi connectivity index (χ1v) is 8.25. The van der Waals surface area contributed by atoms with Crippen LogP contribution in [0, 0.1) is 12.8 Å². The third-order valence-electron chi connectivity index (χ3n) is 4.14. The zero-order chi connectivity index (χ0) is 16.1. The minimum absolute atomic E-state index is 0.157. The summed E-state index contributed by atoms with van der Waals surface area (Å²) in [5.41, 5.74) is 0.896. The van der Waals surface area contributed by atoms with Crippen LogP contribution in [-0.4, -0.2) is 46.4 Å². The topological polar surface area (TPSA) is 62.2 Å². The first-order valence-electron chi connectivity index (χ1n) is 8.25. The molecule has 1 unspecified atom stereocenters. The molecule has 124 valence electrons. The summed E-state index contributed by atoms with van der Waals surface area (Å²) < 4.78 is 1.68. The second-order valence-corrected chi connectivity index (χ2v) is 6.66. The van der Waals surface area contributed by atoms with Crippen molar-refractivity contribution in [2.24, 2.45) is 13.0 Å². The lowest BCUT2D eigenvalue weighted by Crippen LogP contribution is -2.44. The number of rotatable bonds is 6. The van der Waals surface area contributed by atoms with Gasteiger partial charge in [0.25, 0.3) is 0 Å². The Kier molecular flexibility index (Phi) is 5.83. The summed E-state index contributed by atoms with van der Waals surface area (Å²) in [6.45, 7) is 9.39. The van der Waals surface area contributed by atoms with E-state index in [4.69, 9.17) is 0 Å². The van der Waals surface area contributed by atoms with Crippen LogP contribution in [0.3, 0.4) is 0 Å². The molecule has 0 spiro atoms. The monoisotopic (exact) mass is 307 g/mol. The van der Waals surface area contributed by atoms with Crippen molar-refractivity contribution in [1.29, 1.82) is 0 Å². The minimum Gasteiger partial charge on any atom is -0.336 e. The number of carbonyl (C=O) groups excluding carboxylic acids is 1. The second-order valence-electron chi connectivity index (χ2n) is 6.66. The van der Waals surface area contributed by atoms with Crippen LogP contribution in [0.1, 0.15) is 38.8 Å². The summed E-state index contributed by atoms with van der Waals surface area (Å²) >= 11 is 0. The molecule has 0 radical (unpaired) electrons. The number of aromatic nitrogens is 2. The molecule has 0 aromatic carbocycles. The molecule has 2 heterocycles. The lowest BCUT2D eigenvalue weighted by molar-refractivity contribution is 0.204. The summed E-state index contributed by atoms with van der Waals surface area (Å²) in [5.74, 6) is 1.35. The molecule has 6 heteroatoms. The Morgan fingerprint density at radius 2 is 2.05 bits per heavy atom. The Bertz CT molecular complexity index is 491. The SMILES string of the molecule is Cc1cc(NC(=O)NCC(CC(C)C)N2CCCC2)n(C)n1. The van der Waals surface area contributed by atoms with Crippen LogP contribution in [0.4, 0.5) is 10.6 Å². The highest BCUT2D eigenvalue weighted by Gasteiger charge is 2.23. The lowest BCUT2D eigenvalue weighted by Gasteiger charge is -2.29. The van der Waals surface area contributed by atoms with E-state index in [0.717, 1.165) is 31.0 Å². The van der Waals surface area contributed by atoms with Gasteiger partial charge in [0, 0.05) is 25.7 Å². The van der Waals surface area contributed by atoms with Crippen molar-refractivity contribution in [3.63, 3.8) is 0 Å². The largest absolute Gasteiger partial charge is 0.336 e. The third kappa shape index (κ3) is 4.73. The van der Waals surface area contributed by atoms with Gasteiger partial charge >= 0.3 is 6.03 Å². The van der Waals surface area contributed by atoms with Crippen LogP contribution in [-0.2, 0) is 7.05 Å². The van der Waals surface area contributed by atoms with Gasteiger partial charge in [-0.05, 0) is 45.2 Å². The lowest BCUT2D eigenvalue weighted by atomic mass is 10.0. The number of nitrogens with one attached hydrogen (secondary N) is 2. The van der Waals surface area contributed by atoms with Crippen molar-refractivity contribution in [2.75, 3.05) is 25.0 Å². The number of nitrogens with zero attached hydrogens (tertiary/aromatic N) is 3. The number of anilines is 1. The molecule has 1 atom stereocenters. The van der Waals surface area contributed by atoms with E-state index in [9.17, 15) is 4.79 Å². The third-order valence-corrected chi connectivity index (χ3v) is 4.14. The smallest absolute Gasteiger partial charge is 0.320 e. The van der Waals surface area contributed by atoms with Crippen molar-refractivity contribution in [1.82, 2.24) is 20.0 Å². The van der Waals surface area contributed by atoms with E-state index >= 15 is 0 Å². The Morgan fingerprint density at radius 1 is 1.36 bits per heavy atom. The molecular weight excluding hydrogens is 278 g/mol. The average Bonchev–Trinajstić information content (AvgIpc) is 3.05. The maximum absolute atomic E-state index is 12.1. The van der Waals surface area contributed by atoms with Gasteiger partial charge in [0.1, 0.15) is 5.82 Å². The summed E-state index contributed by atoms with van der Waals surface area (Å²) in [6, 6.07) is 2.14. The van der Waals surface area contributed by atoms with Gasteiger partial charge in [-0.15, -0.1) is 0 Å². The molecule has 1 aromatic heterocycles. The van der Waals surface area contributed by atoms with E-state index in [1.807, 2.05) is 20.0 Å². The van der Waals surface area contributed by atoms with E-state index in [1.165, 1.54) is 12.8 Å². The number of urea groups is 1. The predicted molar refractivity (Wildman–Crippen MR) is 89.0 cm³/mol. The first kappa shape index (κ1) is 16.8. The van der Waals surface area contributed by atoms with Crippen molar-refractivity contribution < 1.29 is 4.79 Å². The minimum atomic E-state index is -0.157. The van der Waals surface area contributed by atoms with E-state index in [0.29, 0.717) is 18.5 Å². The summed E-state index contributed by atoms with van der Waals surface area (Å²) in [5, 5.41) is 10.1. The molecule has 1 fully saturated rings. The van der Waals surface area contributed by atoms with Gasteiger partial charge in [-0.3, -0.25) is 14.9 Å². The first-order chi connectivity index (χ1) is 10.5. The van der Waals surface area contributed by atoms with Crippen molar-refractivity contribution in [2.45, 2.75) is 46.1 Å². The molecule has 2 amide bonds. The van der Waals surface area contributed by atoms with Gasteiger partial charge in [-0.2, -0.15) is 5.10 Å². The molecule has 1 aliphatic rings. The second kappa shape index (κ2) is 7.63. The Balaban J connectivity index is 1.85. The van der Waals surface area contributed by atoms with Gasteiger partial charge in [0.15, 0.2) is 0 Å². The van der Waals surface area contributed by atoms with Crippen LogP contribution in [0.2, 0.25) is 0 Å². The fraction of sp³-hybridized carbons (Fsp3) is 0.750. The van der Waals surface area contributed by atoms with Crippen LogP contribution < -0.4 is 10.6 Å². The van der Waals surface area contributed by atoms with E-state index in [1.54, 1.807) is 4.68 Å². The van der Waals surface area contributed by atoms with Crippen LogP contribution in [0.5, 0.6) is 0 Å². The fourth-order valence-electron chi connectivity index (χ4n) is 3.11. The van der Waals surface area contributed by atoms with Gasteiger partial charge < -0.3 is 5.32 Å². The molecule has 0 bridgehead atoms. The molecule has 2 rings (SSSR count). The zero-order valence-corrected chi connectivity index (χ0v) is 14.2. The van der Waals surface area contributed by atoms with Crippen LogP contribution >= 0.6 is 0 Å². The van der Waals surface area contributed by atoms with E-state index in [-0.39, 0.29) is 6.03 Å². The average molecular weight is 307 g/mol. The molecule has 22 heavy (non-hydrogen) atoms. The molecule has 2 N–H and O–H groups in total. The molecular formula is C16H29N5O. The maximum atomic E-state index is 12.1. The van der Waals surface area contributed by atoms with Crippen molar-refractivity contribution >= 4 is 11.8 Å². The molecule has 1 aromatic rings. The molecule has 1 aliphatic heterocycles. The summed E-state index contributed by atoms with van der Waals surface area (Å²) in [4.78, 5) is 14.6. The van der Waals surface area contributed by atoms with Gasteiger partial charge in [-0.25, -0.2) is 4.79 Å². The van der Waals surface area contributed by atoms with E-state index in [2.05, 4.69) is 34.5 Å².